The third-order valence-electron chi connectivity index (χ3n) is 5.41. The van der Waals surface area contributed by atoms with Gasteiger partial charge in [-0.15, -0.1) is 0 Å². The molecule has 1 heterocycles. The van der Waals surface area contributed by atoms with E-state index in [1.165, 1.54) is 16.7 Å². The minimum atomic E-state index is 0.0542. The topological polar surface area (TPSA) is 39.7 Å². The summed E-state index contributed by atoms with van der Waals surface area (Å²) in [5, 5.41) is 3.66. The molecule has 0 radical (unpaired) electrons. The van der Waals surface area contributed by atoms with Gasteiger partial charge in [0.1, 0.15) is 12.4 Å². The second kappa shape index (κ2) is 8.58. The number of fused-ring (bicyclic) bond motifs is 1. The standard InChI is InChI=1S/C25H27NO3/c1-17-9-10-22(27-2)21(13-17)25-20-15-24(29-16-18-7-5-4-6-8-18)23(28-3)14-19(20)11-12-26-25/h4-10,13-15,25-26H,11-12,16H2,1-3H3. The van der Waals surface area contributed by atoms with E-state index in [9.17, 15) is 0 Å². The fraction of sp³-hybridized carbons (Fsp3) is 0.280. The van der Waals surface area contributed by atoms with Crippen LogP contribution in [0, 0.1) is 6.92 Å². The van der Waals surface area contributed by atoms with Gasteiger partial charge >= 0.3 is 0 Å². The molecule has 4 nitrogen and oxygen atoms in total. The van der Waals surface area contributed by atoms with Gasteiger partial charge in [0, 0.05) is 12.1 Å². The van der Waals surface area contributed by atoms with Crippen LogP contribution in [-0.4, -0.2) is 20.8 Å². The summed E-state index contributed by atoms with van der Waals surface area (Å²) in [4.78, 5) is 0. The fourth-order valence-corrected chi connectivity index (χ4v) is 3.93. The Morgan fingerprint density at radius 1 is 0.862 bits per heavy atom. The summed E-state index contributed by atoms with van der Waals surface area (Å²) in [5.41, 5.74) is 5.98. The summed E-state index contributed by atoms with van der Waals surface area (Å²) in [5.74, 6) is 2.43. The zero-order chi connectivity index (χ0) is 20.2. The lowest BCUT2D eigenvalue weighted by Gasteiger charge is -2.30. The summed E-state index contributed by atoms with van der Waals surface area (Å²) in [6.45, 7) is 3.51. The molecule has 1 aliphatic rings. The Labute approximate surface area is 172 Å². The molecule has 29 heavy (non-hydrogen) atoms. The van der Waals surface area contributed by atoms with Gasteiger partial charge in [0.05, 0.1) is 20.3 Å². The van der Waals surface area contributed by atoms with Gasteiger partial charge in [0.2, 0.25) is 0 Å². The van der Waals surface area contributed by atoms with E-state index in [-0.39, 0.29) is 6.04 Å². The molecule has 0 amide bonds. The highest BCUT2D eigenvalue weighted by atomic mass is 16.5. The lowest BCUT2D eigenvalue weighted by Crippen LogP contribution is -2.31. The average Bonchev–Trinajstić information content (AvgIpc) is 2.77. The fourth-order valence-electron chi connectivity index (χ4n) is 3.93. The lowest BCUT2D eigenvalue weighted by molar-refractivity contribution is 0.283. The molecule has 0 saturated heterocycles. The minimum Gasteiger partial charge on any atom is -0.496 e. The van der Waals surface area contributed by atoms with Crippen LogP contribution >= 0.6 is 0 Å². The van der Waals surface area contributed by atoms with Gasteiger partial charge in [0.25, 0.3) is 0 Å². The Kier molecular flexibility index (Phi) is 5.72. The molecular weight excluding hydrogens is 362 g/mol. The molecule has 150 valence electrons. The van der Waals surface area contributed by atoms with Crippen LogP contribution in [0.3, 0.4) is 0 Å². The van der Waals surface area contributed by atoms with Crippen molar-refractivity contribution in [2.24, 2.45) is 0 Å². The van der Waals surface area contributed by atoms with E-state index in [0.717, 1.165) is 41.3 Å². The van der Waals surface area contributed by atoms with Crippen LogP contribution in [0.5, 0.6) is 17.2 Å². The van der Waals surface area contributed by atoms with Crippen molar-refractivity contribution in [2.45, 2.75) is 26.0 Å². The first-order chi connectivity index (χ1) is 14.2. The van der Waals surface area contributed by atoms with Crippen molar-refractivity contribution in [1.82, 2.24) is 5.32 Å². The molecule has 1 atom stereocenters. The Morgan fingerprint density at radius 3 is 2.41 bits per heavy atom. The summed E-state index contributed by atoms with van der Waals surface area (Å²) < 4.78 is 17.4. The SMILES string of the molecule is COc1cc2c(cc1OCc1ccccc1)C(c1cc(C)ccc1OC)NCC2. The first-order valence-electron chi connectivity index (χ1n) is 9.95. The minimum absolute atomic E-state index is 0.0542. The van der Waals surface area contributed by atoms with E-state index in [0.29, 0.717) is 6.61 Å². The number of hydrogen-bond acceptors (Lipinski definition) is 4. The molecule has 1 unspecified atom stereocenters. The van der Waals surface area contributed by atoms with Crippen LogP contribution < -0.4 is 19.5 Å². The summed E-state index contributed by atoms with van der Waals surface area (Å²) in [6.07, 6.45) is 0.954. The Balaban J connectivity index is 1.72. The number of methoxy groups -OCH3 is 2. The van der Waals surface area contributed by atoms with E-state index < -0.39 is 0 Å². The third-order valence-corrected chi connectivity index (χ3v) is 5.41. The monoisotopic (exact) mass is 389 g/mol. The zero-order valence-electron chi connectivity index (χ0n) is 17.2. The summed E-state index contributed by atoms with van der Waals surface area (Å²) in [6, 6.07) is 20.8. The molecule has 0 bridgehead atoms. The van der Waals surface area contributed by atoms with Crippen LogP contribution in [0.25, 0.3) is 0 Å². The number of aryl methyl sites for hydroxylation is 1. The van der Waals surface area contributed by atoms with Gasteiger partial charge in [-0.2, -0.15) is 0 Å². The molecule has 0 aromatic heterocycles. The Bertz CT molecular complexity index is 985. The van der Waals surface area contributed by atoms with Crippen LogP contribution in [0.15, 0.2) is 60.7 Å². The van der Waals surface area contributed by atoms with E-state index in [4.69, 9.17) is 14.2 Å². The molecule has 0 aliphatic carbocycles. The number of ether oxygens (including phenoxy) is 3. The predicted octanol–water partition coefficient (Wildman–Crippen LogP) is 4.83. The van der Waals surface area contributed by atoms with Gasteiger partial charge in [-0.3, -0.25) is 0 Å². The first kappa shape index (κ1) is 19.3. The van der Waals surface area contributed by atoms with Crippen molar-refractivity contribution in [3.05, 3.63) is 88.5 Å². The maximum Gasteiger partial charge on any atom is 0.162 e. The molecular formula is C25H27NO3. The van der Waals surface area contributed by atoms with Crippen molar-refractivity contribution in [1.29, 1.82) is 0 Å². The molecule has 3 aromatic carbocycles. The molecule has 0 saturated carbocycles. The van der Waals surface area contributed by atoms with Crippen molar-refractivity contribution in [3.8, 4) is 17.2 Å². The number of rotatable bonds is 6. The number of hydrogen-bond donors (Lipinski definition) is 1. The number of nitrogens with one attached hydrogen (secondary N) is 1. The Morgan fingerprint density at radius 2 is 1.66 bits per heavy atom. The second-order valence-electron chi connectivity index (χ2n) is 7.36. The lowest BCUT2D eigenvalue weighted by atomic mass is 9.88. The van der Waals surface area contributed by atoms with E-state index in [1.54, 1.807) is 14.2 Å². The van der Waals surface area contributed by atoms with Crippen LogP contribution in [0.2, 0.25) is 0 Å². The largest absolute Gasteiger partial charge is 0.496 e. The number of benzene rings is 3. The van der Waals surface area contributed by atoms with Crippen molar-refractivity contribution in [2.75, 3.05) is 20.8 Å². The van der Waals surface area contributed by atoms with Crippen LogP contribution in [0.4, 0.5) is 0 Å². The molecule has 0 spiro atoms. The van der Waals surface area contributed by atoms with Crippen LogP contribution in [-0.2, 0) is 13.0 Å². The third kappa shape index (κ3) is 4.08. The Hall–Kier alpha value is -2.98. The van der Waals surface area contributed by atoms with E-state index >= 15 is 0 Å². The average molecular weight is 389 g/mol. The van der Waals surface area contributed by atoms with E-state index in [2.05, 4.69) is 48.6 Å². The highest BCUT2D eigenvalue weighted by Crippen LogP contribution is 2.40. The quantitative estimate of drug-likeness (QED) is 0.656. The molecule has 1 aliphatic heterocycles. The van der Waals surface area contributed by atoms with Crippen molar-refractivity contribution in [3.63, 3.8) is 0 Å². The smallest absolute Gasteiger partial charge is 0.162 e. The van der Waals surface area contributed by atoms with E-state index in [1.807, 2.05) is 24.3 Å². The first-order valence-corrected chi connectivity index (χ1v) is 9.95. The maximum atomic E-state index is 6.16. The molecule has 3 aromatic rings. The summed E-state index contributed by atoms with van der Waals surface area (Å²) >= 11 is 0. The second-order valence-corrected chi connectivity index (χ2v) is 7.36. The van der Waals surface area contributed by atoms with Crippen molar-refractivity contribution >= 4 is 0 Å². The molecule has 0 fully saturated rings. The highest BCUT2D eigenvalue weighted by molar-refractivity contribution is 5.54. The van der Waals surface area contributed by atoms with Gasteiger partial charge in [-0.05, 0) is 48.2 Å². The molecule has 4 rings (SSSR count). The summed E-state index contributed by atoms with van der Waals surface area (Å²) in [7, 11) is 3.42. The normalized spacial score (nSPS) is 15.5. The predicted molar refractivity (Wildman–Crippen MR) is 115 cm³/mol. The zero-order valence-corrected chi connectivity index (χ0v) is 17.2. The van der Waals surface area contributed by atoms with Gasteiger partial charge < -0.3 is 19.5 Å². The van der Waals surface area contributed by atoms with Crippen LogP contribution in [0.1, 0.15) is 33.9 Å². The van der Waals surface area contributed by atoms with Gasteiger partial charge in [-0.25, -0.2) is 0 Å². The maximum absolute atomic E-state index is 6.16. The van der Waals surface area contributed by atoms with Crippen molar-refractivity contribution < 1.29 is 14.2 Å². The highest BCUT2D eigenvalue weighted by Gasteiger charge is 2.26. The molecule has 1 N–H and O–H groups in total. The molecule has 4 heteroatoms. The van der Waals surface area contributed by atoms with Gasteiger partial charge in [0.15, 0.2) is 11.5 Å². The van der Waals surface area contributed by atoms with Gasteiger partial charge in [-0.1, -0.05) is 48.0 Å².